The molecule has 1 heterocycles. The molecule has 126 valence electrons. The van der Waals surface area contributed by atoms with E-state index < -0.39 is 4.92 Å². The standard InChI is InChI=1S/C16H18N4O3S/c1-2-9-19-15(12-7-8-12)17-18-16(19)24-11-10-23-14-6-4-3-5-13(14)20(21)22/h2-6,12H,1,7-11H2. The molecule has 0 N–H and O–H groups in total. The highest BCUT2D eigenvalue weighted by molar-refractivity contribution is 7.99. The maximum absolute atomic E-state index is 11.0. The van der Waals surface area contributed by atoms with E-state index in [1.165, 1.54) is 30.7 Å². The van der Waals surface area contributed by atoms with Gasteiger partial charge in [-0.25, -0.2) is 0 Å². The van der Waals surface area contributed by atoms with Crippen LogP contribution in [0, 0.1) is 10.1 Å². The van der Waals surface area contributed by atoms with Crippen LogP contribution in [0.3, 0.4) is 0 Å². The van der Waals surface area contributed by atoms with Gasteiger partial charge in [0, 0.05) is 24.3 Å². The molecular weight excluding hydrogens is 328 g/mol. The molecule has 1 aliphatic carbocycles. The van der Waals surface area contributed by atoms with Gasteiger partial charge in [0.25, 0.3) is 0 Å². The summed E-state index contributed by atoms with van der Waals surface area (Å²) in [5.41, 5.74) is -0.0201. The molecule has 7 nitrogen and oxygen atoms in total. The summed E-state index contributed by atoms with van der Waals surface area (Å²) in [6.07, 6.45) is 4.17. The summed E-state index contributed by atoms with van der Waals surface area (Å²) in [5, 5.41) is 20.3. The Kier molecular flexibility index (Phi) is 5.14. The lowest BCUT2D eigenvalue weighted by Crippen LogP contribution is -2.06. The smallest absolute Gasteiger partial charge is 0.310 e. The van der Waals surface area contributed by atoms with Crippen molar-refractivity contribution in [3.8, 4) is 5.75 Å². The Bertz CT molecular complexity index is 743. The Balaban J connectivity index is 1.57. The van der Waals surface area contributed by atoms with Crippen molar-refractivity contribution in [1.29, 1.82) is 0 Å². The van der Waals surface area contributed by atoms with E-state index in [2.05, 4.69) is 21.3 Å². The van der Waals surface area contributed by atoms with E-state index in [4.69, 9.17) is 4.74 Å². The first-order valence-electron chi connectivity index (χ1n) is 7.73. The fraction of sp³-hybridized carbons (Fsp3) is 0.375. The molecule has 1 aliphatic rings. The van der Waals surface area contributed by atoms with Gasteiger partial charge in [0.2, 0.25) is 0 Å². The fourth-order valence-electron chi connectivity index (χ4n) is 2.37. The van der Waals surface area contributed by atoms with Crippen molar-refractivity contribution in [3.63, 3.8) is 0 Å². The SMILES string of the molecule is C=CCn1c(SCCOc2ccccc2[N+](=O)[O-])nnc1C1CC1. The van der Waals surface area contributed by atoms with Gasteiger partial charge in [0.1, 0.15) is 5.82 Å². The van der Waals surface area contributed by atoms with Crippen LogP contribution >= 0.6 is 11.8 Å². The van der Waals surface area contributed by atoms with Gasteiger partial charge in [-0.05, 0) is 18.9 Å². The molecule has 1 aromatic heterocycles. The zero-order valence-corrected chi connectivity index (χ0v) is 13.9. The Morgan fingerprint density at radius 1 is 1.42 bits per heavy atom. The van der Waals surface area contributed by atoms with Gasteiger partial charge >= 0.3 is 5.69 Å². The predicted octanol–water partition coefficient (Wildman–Crippen LogP) is 3.42. The number of allylic oxidation sites excluding steroid dienone is 1. The molecule has 0 bridgehead atoms. The summed E-state index contributed by atoms with van der Waals surface area (Å²) >= 11 is 1.53. The van der Waals surface area contributed by atoms with E-state index in [0.29, 0.717) is 24.8 Å². The Morgan fingerprint density at radius 3 is 2.92 bits per heavy atom. The third-order valence-corrected chi connectivity index (χ3v) is 4.56. The van der Waals surface area contributed by atoms with Crippen molar-refractivity contribution in [2.24, 2.45) is 0 Å². The van der Waals surface area contributed by atoms with Crippen LogP contribution in [0.1, 0.15) is 24.6 Å². The Hall–Kier alpha value is -2.35. The van der Waals surface area contributed by atoms with Gasteiger partial charge in [0.15, 0.2) is 10.9 Å². The highest BCUT2D eigenvalue weighted by Gasteiger charge is 2.30. The molecule has 24 heavy (non-hydrogen) atoms. The minimum absolute atomic E-state index is 0.0201. The number of thioether (sulfide) groups is 1. The quantitative estimate of drug-likeness (QED) is 0.227. The molecule has 1 saturated carbocycles. The number of benzene rings is 1. The third-order valence-electron chi connectivity index (χ3n) is 3.63. The third kappa shape index (κ3) is 3.76. The van der Waals surface area contributed by atoms with Crippen LogP contribution in [0.15, 0.2) is 42.1 Å². The number of para-hydroxylation sites is 2. The van der Waals surface area contributed by atoms with E-state index in [1.54, 1.807) is 18.2 Å². The van der Waals surface area contributed by atoms with Crippen LogP contribution in [0.25, 0.3) is 0 Å². The molecule has 2 aromatic rings. The second-order valence-electron chi connectivity index (χ2n) is 5.44. The average molecular weight is 346 g/mol. The molecular formula is C16H18N4O3S. The van der Waals surface area contributed by atoms with E-state index >= 15 is 0 Å². The summed E-state index contributed by atoms with van der Waals surface area (Å²) in [5.74, 6) is 2.47. The van der Waals surface area contributed by atoms with E-state index in [0.717, 1.165) is 11.0 Å². The van der Waals surface area contributed by atoms with Gasteiger partial charge < -0.3 is 9.30 Å². The van der Waals surface area contributed by atoms with Crippen molar-refractivity contribution < 1.29 is 9.66 Å². The van der Waals surface area contributed by atoms with Crippen molar-refractivity contribution in [2.75, 3.05) is 12.4 Å². The van der Waals surface area contributed by atoms with Crippen molar-refractivity contribution >= 4 is 17.4 Å². The zero-order valence-electron chi connectivity index (χ0n) is 13.1. The first-order chi connectivity index (χ1) is 11.7. The van der Waals surface area contributed by atoms with Crippen LogP contribution in [0.4, 0.5) is 5.69 Å². The number of hydrogen-bond donors (Lipinski definition) is 0. The molecule has 0 atom stereocenters. The number of nitrogens with zero attached hydrogens (tertiary/aromatic N) is 4. The predicted molar refractivity (Wildman–Crippen MR) is 91.5 cm³/mol. The lowest BCUT2D eigenvalue weighted by atomic mass is 10.3. The molecule has 1 aromatic carbocycles. The first-order valence-corrected chi connectivity index (χ1v) is 8.72. The lowest BCUT2D eigenvalue weighted by Gasteiger charge is -2.08. The van der Waals surface area contributed by atoms with Crippen LogP contribution in [0.5, 0.6) is 5.75 Å². The van der Waals surface area contributed by atoms with Crippen molar-refractivity contribution in [2.45, 2.75) is 30.5 Å². The summed E-state index contributed by atoms with van der Waals surface area (Å²) < 4.78 is 7.63. The molecule has 8 heteroatoms. The maximum Gasteiger partial charge on any atom is 0.310 e. The highest BCUT2D eigenvalue weighted by Crippen LogP contribution is 2.40. The van der Waals surface area contributed by atoms with Crippen molar-refractivity contribution in [1.82, 2.24) is 14.8 Å². The first kappa shape index (κ1) is 16.5. The van der Waals surface area contributed by atoms with Gasteiger partial charge in [0.05, 0.1) is 11.5 Å². The topological polar surface area (TPSA) is 83.1 Å². The molecule has 0 amide bonds. The van der Waals surface area contributed by atoms with Gasteiger partial charge in [-0.15, -0.1) is 16.8 Å². The monoisotopic (exact) mass is 346 g/mol. The average Bonchev–Trinajstić information content (AvgIpc) is 3.35. The van der Waals surface area contributed by atoms with Crippen LogP contribution in [0.2, 0.25) is 0 Å². The molecule has 0 aliphatic heterocycles. The fourth-order valence-corrected chi connectivity index (χ4v) is 3.14. The van der Waals surface area contributed by atoms with Gasteiger partial charge in [-0.2, -0.15) is 0 Å². The van der Waals surface area contributed by atoms with Crippen molar-refractivity contribution in [3.05, 3.63) is 52.9 Å². The second kappa shape index (κ2) is 7.48. The molecule has 0 saturated heterocycles. The Morgan fingerprint density at radius 2 is 2.21 bits per heavy atom. The highest BCUT2D eigenvalue weighted by atomic mass is 32.2. The number of nitro benzene ring substituents is 1. The van der Waals surface area contributed by atoms with Gasteiger partial charge in [-0.3, -0.25) is 10.1 Å². The number of nitro groups is 1. The molecule has 0 unspecified atom stereocenters. The zero-order chi connectivity index (χ0) is 16.9. The summed E-state index contributed by atoms with van der Waals surface area (Å²) in [7, 11) is 0. The second-order valence-corrected chi connectivity index (χ2v) is 6.50. The van der Waals surface area contributed by atoms with Crippen LogP contribution < -0.4 is 4.74 Å². The maximum atomic E-state index is 11.0. The largest absolute Gasteiger partial charge is 0.486 e. The molecule has 1 fully saturated rings. The van der Waals surface area contributed by atoms with Crippen LogP contribution in [-0.4, -0.2) is 32.0 Å². The number of rotatable bonds is 9. The molecule has 0 spiro atoms. The van der Waals surface area contributed by atoms with E-state index in [9.17, 15) is 10.1 Å². The molecule has 3 rings (SSSR count). The summed E-state index contributed by atoms with van der Waals surface area (Å²) in [4.78, 5) is 10.5. The number of ether oxygens (including phenoxy) is 1. The van der Waals surface area contributed by atoms with Crippen LogP contribution in [-0.2, 0) is 6.54 Å². The number of hydrogen-bond acceptors (Lipinski definition) is 6. The summed E-state index contributed by atoms with van der Waals surface area (Å²) in [6, 6.07) is 6.38. The number of aromatic nitrogens is 3. The lowest BCUT2D eigenvalue weighted by molar-refractivity contribution is -0.385. The van der Waals surface area contributed by atoms with E-state index in [-0.39, 0.29) is 11.4 Å². The molecule has 0 radical (unpaired) electrons. The summed E-state index contributed by atoms with van der Waals surface area (Å²) in [6.45, 7) is 4.83. The minimum atomic E-state index is -0.439. The van der Waals surface area contributed by atoms with E-state index in [1.807, 2.05) is 6.08 Å². The van der Waals surface area contributed by atoms with Gasteiger partial charge in [-0.1, -0.05) is 30.0 Å². The minimum Gasteiger partial charge on any atom is -0.486 e. The Labute approximate surface area is 143 Å². The normalized spacial score (nSPS) is 13.7.